The summed E-state index contributed by atoms with van der Waals surface area (Å²) in [5, 5.41) is 3.29. The van der Waals surface area contributed by atoms with E-state index < -0.39 is 0 Å². The number of nitrogens with zero attached hydrogens (tertiary/aromatic N) is 3. The van der Waals surface area contributed by atoms with Crippen molar-refractivity contribution in [3.8, 4) is 0 Å². The first-order valence-corrected chi connectivity index (χ1v) is 6.17. The molecule has 3 rings (SSSR count). The third-order valence-corrected chi connectivity index (χ3v) is 3.35. The van der Waals surface area contributed by atoms with Gasteiger partial charge in [0, 0.05) is 11.8 Å². The van der Waals surface area contributed by atoms with E-state index in [1.807, 2.05) is 19.1 Å². The Labute approximate surface area is 115 Å². The van der Waals surface area contributed by atoms with Crippen molar-refractivity contribution in [2.45, 2.75) is 13.5 Å². The van der Waals surface area contributed by atoms with Gasteiger partial charge in [-0.3, -0.25) is 10.2 Å². The molecule has 96 valence electrons. The van der Waals surface area contributed by atoms with Gasteiger partial charge in [0.1, 0.15) is 12.1 Å². The molecular formula is C13H11ClN4O. The molecule has 0 saturated heterocycles. The summed E-state index contributed by atoms with van der Waals surface area (Å²) in [5.41, 5.74) is 2.53. The SMILES string of the molecule is Cc1cccc(Cl)c1N1Cc2cncnc2NC1=O. The lowest BCUT2D eigenvalue weighted by Crippen LogP contribution is -2.39. The minimum atomic E-state index is -0.234. The summed E-state index contributed by atoms with van der Waals surface area (Å²) in [7, 11) is 0. The number of nitrogens with one attached hydrogen (secondary N) is 1. The summed E-state index contributed by atoms with van der Waals surface area (Å²) in [4.78, 5) is 21.8. The number of anilines is 2. The first kappa shape index (κ1) is 11.9. The van der Waals surface area contributed by atoms with E-state index in [2.05, 4.69) is 15.3 Å². The van der Waals surface area contributed by atoms with E-state index >= 15 is 0 Å². The van der Waals surface area contributed by atoms with Gasteiger partial charge in [-0.15, -0.1) is 0 Å². The molecule has 0 aliphatic carbocycles. The van der Waals surface area contributed by atoms with Gasteiger partial charge in [0.25, 0.3) is 0 Å². The van der Waals surface area contributed by atoms with Crippen LogP contribution in [0.4, 0.5) is 16.3 Å². The van der Waals surface area contributed by atoms with Crippen LogP contribution in [0.25, 0.3) is 0 Å². The monoisotopic (exact) mass is 274 g/mol. The molecule has 0 fully saturated rings. The van der Waals surface area contributed by atoms with Gasteiger partial charge in [0.2, 0.25) is 0 Å². The smallest absolute Gasteiger partial charge is 0.291 e. The van der Waals surface area contributed by atoms with Gasteiger partial charge in [-0.1, -0.05) is 23.7 Å². The van der Waals surface area contributed by atoms with Crippen LogP contribution < -0.4 is 10.2 Å². The van der Waals surface area contributed by atoms with Crippen LogP contribution in [-0.4, -0.2) is 16.0 Å². The first-order valence-electron chi connectivity index (χ1n) is 5.79. The number of hydrogen-bond acceptors (Lipinski definition) is 3. The molecule has 0 unspecified atom stereocenters. The van der Waals surface area contributed by atoms with E-state index in [-0.39, 0.29) is 6.03 Å². The van der Waals surface area contributed by atoms with Gasteiger partial charge in [0.15, 0.2) is 0 Å². The predicted molar refractivity (Wildman–Crippen MR) is 73.4 cm³/mol. The van der Waals surface area contributed by atoms with Crippen LogP contribution in [0.5, 0.6) is 0 Å². The Morgan fingerprint density at radius 3 is 3.05 bits per heavy atom. The summed E-state index contributed by atoms with van der Waals surface area (Å²) in [6, 6.07) is 5.32. The van der Waals surface area contributed by atoms with Crippen molar-refractivity contribution in [3.63, 3.8) is 0 Å². The predicted octanol–water partition coefficient (Wildman–Crippen LogP) is 2.99. The molecule has 6 heteroatoms. The normalized spacial score (nSPS) is 14.0. The van der Waals surface area contributed by atoms with Crippen molar-refractivity contribution in [1.82, 2.24) is 9.97 Å². The lowest BCUT2D eigenvalue weighted by molar-refractivity contribution is 0.256. The molecule has 0 saturated carbocycles. The number of fused-ring (bicyclic) bond motifs is 1. The topological polar surface area (TPSA) is 58.1 Å². The molecule has 0 spiro atoms. The van der Waals surface area contributed by atoms with Crippen LogP contribution in [0.3, 0.4) is 0 Å². The zero-order valence-electron chi connectivity index (χ0n) is 10.2. The van der Waals surface area contributed by atoms with Gasteiger partial charge in [0.05, 0.1) is 17.3 Å². The number of rotatable bonds is 1. The maximum Gasteiger partial charge on any atom is 0.327 e. The van der Waals surface area contributed by atoms with Crippen LogP contribution in [0.15, 0.2) is 30.7 Å². The number of amides is 2. The van der Waals surface area contributed by atoms with Crippen molar-refractivity contribution in [2.75, 3.05) is 10.2 Å². The van der Waals surface area contributed by atoms with E-state index in [1.165, 1.54) is 6.33 Å². The second kappa shape index (κ2) is 4.51. The van der Waals surface area contributed by atoms with E-state index in [4.69, 9.17) is 11.6 Å². The second-order valence-electron chi connectivity index (χ2n) is 4.32. The highest BCUT2D eigenvalue weighted by atomic mass is 35.5. The Hall–Kier alpha value is -2.14. The van der Waals surface area contributed by atoms with Crippen LogP contribution in [0, 0.1) is 6.92 Å². The Balaban J connectivity index is 2.06. The van der Waals surface area contributed by atoms with Gasteiger partial charge in [-0.2, -0.15) is 0 Å². The zero-order valence-corrected chi connectivity index (χ0v) is 11.0. The maximum absolute atomic E-state index is 12.2. The van der Waals surface area contributed by atoms with Crippen molar-refractivity contribution in [1.29, 1.82) is 0 Å². The van der Waals surface area contributed by atoms with E-state index in [0.717, 1.165) is 16.8 Å². The Bertz CT molecular complexity index is 639. The zero-order chi connectivity index (χ0) is 13.4. The molecule has 1 aliphatic rings. The molecule has 1 aromatic carbocycles. The molecule has 0 radical (unpaired) electrons. The largest absolute Gasteiger partial charge is 0.327 e. The molecule has 1 N–H and O–H groups in total. The van der Waals surface area contributed by atoms with E-state index in [0.29, 0.717) is 17.4 Å². The van der Waals surface area contributed by atoms with Gasteiger partial charge < -0.3 is 0 Å². The fourth-order valence-electron chi connectivity index (χ4n) is 2.14. The van der Waals surface area contributed by atoms with Crippen LogP contribution >= 0.6 is 11.6 Å². The molecule has 2 heterocycles. The van der Waals surface area contributed by atoms with E-state index in [1.54, 1.807) is 17.2 Å². The Morgan fingerprint density at radius 1 is 1.42 bits per heavy atom. The summed E-state index contributed by atoms with van der Waals surface area (Å²) in [6.45, 7) is 2.33. The molecule has 19 heavy (non-hydrogen) atoms. The van der Waals surface area contributed by atoms with Gasteiger partial charge >= 0.3 is 6.03 Å². The number of hydrogen-bond donors (Lipinski definition) is 1. The van der Waals surface area contributed by atoms with Gasteiger partial charge in [-0.25, -0.2) is 14.8 Å². The summed E-state index contributed by atoms with van der Waals surface area (Å²) < 4.78 is 0. The fourth-order valence-corrected chi connectivity index (χ4v) is 2.47. The van der Waals surface area contributed by atoms with Crippen molar-refractivity contribution in [2.24, 2.45) is 0 Å². The van der Waals surface area contributed by atoms with Crippen molar-refractivity contribution >= 4 is 29.1 Å². The molecule has 0 bridgehead atoms. The second-order valence-corrected chi connectivity index (χ2v) is 4.73. The average molecular weight is 275 g/mol. The number of carbonyl (C=O) groups excluding carboxylic acids is 1. The third kappa shape index (κ3) is 2.02. The molecule has 1 aliphatic heterocycles. The van der Waals surface area contributed by atoms with Crippen molar-refractivity contribution in [3.05, 3.63) is 46.9 Å². The number of aryl methyl sites for hydroxylation is 1. The highest BCUT2D eigenvalue weighted by Crippen LogP contribution is 2.33. The minimum absolute atomic E-state index is 0.234. The molecule has 2 amide bonds. The van der Waals surface area contributed by atoms with E-state index in [9.17, 15) is 4.79 Å². The maximum atomic E-state index is 12.2. The number of halogens is 1. The summed E-state index contributed by atoms with van der Waals surface area (Å²) in [5.74, 6) is 0.556. The molecule has 1 aromatic heterocycles. The Morgan fingerprint density at radius 2 is 2.26 bits per heavy atom. The number of para-hydroxylation sites is 1. The highest BCUT2D eigenvalue weighted by molar-refractivity contribution is 6.34. The van der Waals surface area contributed by atoms with Crippen LogP contribution in [0.2, 0.25) is 5.02 Å². The Kier molecular flexibility index (Phi) is 2.83. The molecule has 2 aromatic rings. The third-order valence-electron chi connectivity index (χ3n) is 3.05. The number of urea groups is 1. The summed E-state index contributed by atoms with van der Waals surface area (Å²) >= 11 is 6.20. The van der Waals surface area contributed by atoms with Gasteiger partial charge in [-0.05, 0) is 18.6 Å². The molecule has 0 atom stereocenters. The summed E-state index contributed by atoms with van der Waals surface area (Å²) in [6.07, 6.45) is 3.11. The lowest BCUT2D eigenvalue weighted by atomic mass is 10.1. The number of aromatic nitrogens is 2. The molecular weight excluding hydrogens is 264 g/mol. The number of carbonyl (C=O) groups is 1. The standard InChI is InChI=1S/C13H11ClN4O/c1-8-3-2-4-10(14)11(8)18-6-9-5-15-7-16-12(9)17-13(18)19/h2-5,7H,6H2,1H3,(H,15,16,17,19). The average Bonchev–Trinajstić information content (AvgIpc) is 2.39. The molecule has 5 nitrogen and oxygen atoms in total. The lowest BCUT2D eigenvalue weighted by Gasteiger charge is -2.30. The number of benzene rings is 1. The quantitative estimate of drug-likeness (QED) is 0.870. The van der Waals surface area contributed by atoms with Crippen molar-refractivity contribution < 1.29 is 4.79 Å². The minimum Gasteiger partial charge on any atom is -0.291 e. The first-order chi connectivity index (χ1) is 9.16. The fraction of sp³-hybridized carbons (Fsp3) is 0.154. The van der Waals surface area contributed by atoms with Crippen LogP contribution in [0.1, 0.15) is 11.1 Å². The highest BCUT2D eigenvalue weighted by Gasteiger charge is 2.27. The van der Waals surface area contributed by atoms with Crippen LogP contribution in [-0.2, 0) is 6.54 Å².